The number of hydrogen-bond donors (Lipinski definition) is 1. The van der Waals surface area contributed by atoms with E-state index in [0.717, 1.165) is 63.5 Å². The monoisotopic (exact) mass is 377 g/mol. The topological polar surface area (TPSA) is 56.1 Å². The quantitative estimate of drug-likeness (QED) is 0.810. The van der Waals surface area contributed by atoms with Gasteiger partial charge in [0.05, 0.1) is 5.69 Å². The second-order valence-corrected chi connectivity index (χ2v) is 7.58. The van der Waals surface area contributed by atoms with Crippen molar-refractivity contribution < 1.29 is 9.90 Å². The molecule has 0 amide bonds. The van der Waals surface area contributed by atoms with Gasteiger partial charge < -0.3 is 10.0 Å². The number of rotatable bonds is 5. The first-order valence-electron chi connectivity index (χ1n) is 10.1. The molecule has 2 aromatic rings. The minimum absolute atomic E-state index is 0.271. The minimum atomic E-state index is -0.699. The molecule has 28 heavy (non-hydrogen) atoms. The molecule has 1 saturated heterocycles. The number of nitrogens with zero attached hydrogens (tertiary/aromatic N) is 3. The molecule has 0 unspecified atom stereocenters. The third-order valence-electron chi connectivity index (χ3n) is 5.64. The lowest BCUT2D eigenvalue weighted by Gasteiger charge is -2.36. The number of carboxylic acid groups (broad SMARTS) is 1. The third kappa shape index (κ3) is 4.25. The summed E-state index contributed by atoms with van der Waals surface area (Å²) < 4.78 is 0. The summed E-state index contributed by atoms with van der Waals surface area (Å²) >= 11 is 0. The number of hydrogen-bond acceptors (Lipinski definition) is 4. The smallest absolute Gasteiger partial charge is 0.303 e. The lowest BCUT2D eigenvalue weighted by Crippen LogP contribution is -2.49. The predicted octanol–water partition coefficient (Wildman–Crippen LogP) is 3.54. The van der Waals surface area contributed by atoms with Crippen molar-refractivity contribution in [1.29, 1.82) is 0 Å². The minimum Gasteiger partial charge on any atom is -0.481 e. The van der Waals surface area contributed by atoms with Gasteiger partial charge in [0, 0.05) is 44.6 Å². The van der Waals surface area contributed by atoms with Gasteiger partial charge in [-0.15, -0.1) is 0 Å². The molecule has 146 valence electrons. The molecular weight excluding hydrogens is 350 g/mol. The van der Waals surface area contributed by atoms with E-state index in [-0.39, 0.29) is 6.42 Å². The van der Waals surface area contributed by atoms with Gasteiger partial charge in [0.2, 0.25) is 0 Å². The molecule has 2 aliphatic heterocycles. The lowest BCUT2D eigenvalue weighted by molar-refractivity contribution is -0.137. The summed E-state index contributed by atoms with van der Waals surface area (Å²) in [6.07, 6.45) is 2.89. The summed E-state index contributed by atoms with van der Waals surface area (Å²) in [7, 11) is 0. The van der Waals surface area contributed by atoms with Gasteiger partial charge >= 0.3 is 5.97 Å². The Balaban J connectivity index is 1.47. The molecule has 2 heterocycles. The standard InChI is InChI=1S/C23H27N3O2/c27-22(28)11-5-6-12-25-13-15-26(16-14-25)23-20-9-3-1-7-18(20)17-19-8-2-4-10-21(19)24-23/h1-4,7-10H,5-6,11-17H2,(H,27,28). The van der Waals surface area contributed by atoms with E-state index in [0.29, 0.717) is 0 Å². The summed E-state index contributed by atoms with van der Waals surface area (Å²) in [5.74, 6) is 0.390. The maximum absolute atomic E-state index is 10.7. The normalized spacial score (nSPS) is 16.7. The second kappa shape index (κ2) is 8.57. The van der Waals surface area contributed by atoms with Gasteiger partial charge in [0.25, 0.3) is 0 Å². The van der Waals surface area contributed by atoms with Crippen LogP contribution in [-0.2, 0) is 11.2 Å². The number of aliphatic carboxylic acids is 1. The maximum Gasteiger partial charge on any atom is 0.303 e. The van der Waals surface area contributed by atoms with Crippen molar-refractivity contribution in [3.8, 4) is 0 Å². The molecule has 1 N–H and O–H groups in total. The van der Waals surface area contributed by atoms with Crippen molar-refractivity contribution in [1.82, 2.24) is 9.80 Å². The van der Waals surface area contributed by atoms with Crippen LogP contribution in [0.25, 0.3) is 0 Å². The summed E-state index contributed by atoms with van der Waals surface area (Å²) in [4.78, 5) is 20.6. The summed E-state index contributed by atoms with van der Waals surface area (Å²) in [5, 5.41) is 8.77. The average molecular weight is 377 g/mol. The van der Waals surface area contributed by atoms with Gasteiger partial charge in [-0.2, -0.15) is 0 Å². The highest BCUT2D eigenvalue weighted by molar-refractivity contribution is 6.02. The molecular formula is C23H27N3O2. The first-order valence-corrected chi connectivity index (χ1v) is 10.1. The molecule has 0 aliphatic carbocycles. The van der Waals surface area contributed by atoms with Crippen molar-refractivity contribution in [2.45, 2.75) is 25.7 Å². The Morgan fingerprint density at radius 2 is 1.64 bits per heavy atom. The highest BCUT2D eigenvalue weighted by Gasteiger charge is 2.24. The highest BCUT2D eigenvalue weighted by Crippen LogP contribution is 2.29. The maximum atomic E-state index is 10.7. The van der Waals surface area contributed by atoms with Crippen LogP contribution in [0.5, 0.6) is 0 Å². The second-order valence-electron chi connectivity index (χ2n) is 7.58. The molecule has 1 fully saturated rings. The van der Waals surface area contributed by atoms with Crippen LogP contribution in [0.15, 0.2) is 53.5 Å². The van der Waals surface area contributed by atoms with Crippen molar-refractivity contribution in [2.24, 2.45) is 4.99 Å². The molecule has 0 atom stereocenters. The Hall–Kier alpha value is -2.66. The molecule has 5 nitrogen and oxygen atoms in total. The van der Waals surface area contributed by atoms with Crippen LogP contribution in [0.1, 0.15) is 36.0 Å². The first-order chi connectivity index (χ1) is 13.7. The van der Waals surface area contributed by atoms with E-state index in [1.165, 1.54) is 16.7 Å². The van der Waals surface area contributed by atoms with Crippen LogP contribution < -0.4 is 0 Å². The average Bonchev–Trinajstić information content (AvgIpc) is 2.88. The fraction of sp³-hybridized carbons (Fsp3) is 0.391. The zero-order valence-electron chi connectivity index (χ0n) is 16.2. The molecule has 0 spiro atoms. The van der Waals surface area contributed by atoms with E-state index in [1.807, 2.05) is 0 Å². The summed E-state index contributed by atoms with van der Waals surface area (Å²) in [6.45, 7) is 4.88. The number of carboxylic acids is 1. The highest BCUT2D eigenvalue weighted by atomic mass is 16.4. The number of amidine groups is 1. The number of fused-ring (bicyclic) bond motifs is 2. The van der Waals surface area contributed by atoms with Crippen molar-refractivity contribution in [3.05, 3.63) is 65.2 Å². The van der Waals surface area contributed by atoms with Gasteiger partial charge in [-0.05, 0) is 36.6 Å². The Kier molecular flexibility index (Phi) is 5.72. The Morgan fingerprint density at radius 1 is 0.929 bits per heavy atom. The van der Waals surface area contributed by atoms with E-state index in [1.54, 1.807) is 0 Å². The number of para-hydroxylation sites is 1. The van der Waals surface area contributed by atoms with E-state index in [4.69, 9.17) is 10.1 Å². The number of aliphatic imine (C=N–C) groups is 1. The van der Waals surface area contributed by atoms with Crippen LogP contribution in [-0.4, -0.2) is 59.4 Å². The van der Waals surface area contributed by atoms with E-state index < -0.39 is 5.97 Å². The molecule has 2 aromatic carbocycles. The summed E-state index contributed by atoms with van der Waals surface area (Å²) in [5.41, 5.74) is 4.93. The van der Waals surface area contributed by atoms with Crippen LogP contribution in [0.2, 0.25) is 0 Å². The number of benzene rings is 2. The molecule has 0 radical (unpaired) electrons. The Morgan fingerprint density at radius 3 is 2.43 bits per heavy atom. The van der Waals surface area contributed by atoms with E-state index in [2.05, 4.69) is 58.3 Å². The molecule has 4 rings (SSSR count). The zero-order valence-corrected chi connectivity index (χ0v) is 16.2. The van der Waals surface area contributed by atoms with Gasteiger partial charge in [-0.1, -0.05) is 42.5 Å². The van der Waals surface area contributed by atoms with E-state index >= 15 is 0 Å². The lowest BCUT2D eigenvalue weighted by atomic mass is 9.99. The van der Waals surface area contributed by atoms with Crippen molar-refractivity contribution in [2.75, 3.05) is 32.7 Å². The largest absolute Gasteiger partial charge is 0.481 e. The Bertz CT molecular complexity index is 870. The molecule has 0 saturated carbocycles. The van der Waals surface area contributed by atoms with Crippen molar-refractivity contribution in [3.63, 3.8) is 0 Å². The van der Waals surface area contributed by atoms with Gasteiger partial charge in [-0.25, -0.2) is 4.99 Å². The van der Waals surface area contributed by atoms with Gasteiger partial charge in [0.1, 0.15) is 5.84 Å². The molecule has 0 aromatic heterocycles. The van der Waals surface area contributed by atoms with Gasteiger partial charge in [-0.3, -0.25) is 9.69 Å². The van der Waals surface area contributed by atoms with Crippen LogP contribution in [0, 0.1) is 0 Å². The van der Waals surface area contributed by atoms with Crippen molar-refractivity contribution >= 4 is 17.5 Å². The van der Waals surface area contributed by atoms with Crippen LogP contribution >= 0.6 is 0 Å². The molecule has 2 aliphatic rings. The van der Waals surface area contributed by atoms with Crippen LogP contribution in [0.3, 0.4) is 0 Å². The molecule has 5 heteroatoms. The Labute approximate surface area is 166 Å². The predicted molar refractivity (Wildman–Crippen MR) is 111 cm³/mol. The third-order valence-corrected chi connectivity index (χ3v) is 5.64. The van der Waals surface area contributed by atoms with Crippen LogP contribution in [0.4, 0.5) is 5.69 Å². The summed E-state index contributed by atoms with van der Waals surface area (Å²) in [6, 6.07) is 17.1. The van der Waals surface area contributed by atoms with E-state index in [9.17, 15) is 4.79 Å². The SMILES string of the molecule is O=C(O)CCCCN1CCN(C2=Nc3ccccc3Cc3ccccc32)CC1. The first kappa shape index (κ1) is 18.7. The zero-order chi connectivity index (χ0) is 19.3. The van der Waals surface area contributed by atoms with Gasteiger partial charge in [0.15, 0.2) is 0 Å². The fourth-order valence-corrected chi connectivity index (χ4v) is 4.08. The number of unbranched alkanes of at least 4 members (excludes halogenated alkanes) is 1. The molecule has 0 bridgehead atoms. The number of piperazine rings is 1. The fourth-order valence-electron chi connectivity index (χ4n) is 4.08. The number of carbonyl (C=O) groups is 1.